The summed E-state index contributed by atoms with van der Waals surface area (Å²) in [6.07, 6.45) is 11.4. The molecule has 0 spiro atoms. The van der Waals surface area contributed by atoms with E-state index in [9.17, 15) is 13.2 Å². The first-order chi connectivity index (χ1) is 9.93. The molecule has 0 aliphatic carbocycles. The van der Waals surface area contributed by atoms with E-state index in [1.165, 1.54) is 38.5 Å². The van der Waals surface area contributed by atoms with Gasteiger partial charge in [-0.25, -0.2) is 0 Å². The van der Waals surface area contributed by atoms with Crippen LogP contribution in [0.15, 0.2) is 0 Å². The summed E-state index contributed by atoms with van der Waals surface area (Å²) in [5.41, 5.74) is 0. The zero-order valence-electron chi connectivity index (χ0n) is 15.3. The van der Waals surface area contributed by atoms with Crippen LogP contribution in [0, 0.1) is 0 Å². The number of hydrogen-bond donors (Lipinski definition) is 1. The molecule has 1 atom stereocenters. The molecule has 0 aromatic carbocycles. The smallest absolute Gasteiger partial charge is 1.00 e. The monoisotopic (exact) mass is 346 g/mol. The average Bonchev–Trinajstić information content (AvgIpc) is 2.42. The van der Waals surface area contributed by atoms with E-state index in [2.05, 4.69) is 11.7 Å². The molecular formula is C15H31NaO5S. The van der Waals surface area contributed by atoms with E-state index < -0.39 is 21.3 Å². The maximum atomic E-state index is 11.3. The molecule has 7 heteroatoms. The van der Waals surface area contributed by atoms with Crippen LogP contribution in [-0.4, -0.2) is 31.3 Å². The fourth-order valence-electron chi connectivity index (χ4n) is 2.34. The molecule has 0 bridgehead atoms. The molecule has 1 N–H and O–H groups in total. The molecule has 0 fully saturated rings. The Balaban J connectivity index is -0.00000200. The van der Waals surface area contributed by atoms with Gasteiger partial charge >= 0.3 is 35.5 Å². The van der Waals surface area contributed by atoms with Crippen LogP contribution < -0.4 is 29.6 Å². The first-order valence-corrected chi connectivity index (χ1v) is 9.48. The van der Waals surface area contributed by atoms with Gasteiger partial charge in [0.05, 0.1) is 7.11 Å². The molecule has 0 aromatic heterocycles. The van der Waals surface area contributed by atoms with E-state index >= 15 is 0 Å². The molecule has 22 heavy (non-hydrogen) atoms. The van der Waals surface area contributed by atoms with Crippen LogP contribution in [0.2, 0.25) is 0 Å². The number of unbranched alkanes of at least 4 members (excludes halogenated alkanes) is 9. The molecule has 0 amide bonds. The maximum absolute atomic E-state index is 11.3. The van der Waals surface area contributed by atoms with Gasteiger partial charge in [-0.3, -0.25) is 9.35 Å². The van der Waals surface area contributed by atoms with Gasteiger partial charge < -0.3 is 6.16 Å². The van der Waals surface area contributed by atoms with Crippen molar-refractivity contribution in [2.45, 2.75) is 82.8 Å². The van der Waals surface area contributed by atoms with Gasteiger partial charge in [0.2, 0.25) is 0 Å². The zero-order chi connectivity index (χ0) is 16.1. The summed E-state index contributed by atoms with van der Waals surface area (Å²) >= 11 is 0. The van der Waals surface area contributed by atoms with Crippen LogP contribution >= 0.6 is 0 Å². The number of methoxy groups -OCH3 is 1. The van der Waals surface area contributed by atoms with Crippen molar-refractivity contribution in [3.63, 3.8) is 0 Å². The Hall–Kier alpha value is 0.380. The Kier molecular flexibility index (Phi) is 16.7. The minimum Gasteiger partial charge on any atom is -1.00 e. The molecule has 0 radical (unpaired) electrons. The predicted molar refractivity (Wildman–Crippen MR) is 84.9 cm³/mol. The van der Waals surface area contributed by atoms with Crippen molar-refractivity contribution < 1.29 is 53.5 Å². The fraction of sp³-hybridized carbons (Fsp3) is 0.933. The summed E-state index contributed by atoms with van der Waals surface area (Å²) in [5, 5.41) is -1.43. The summed E-state index contributed by atoms with van der Waals surface area (Å²) in [7, 11) is -3.24. The molecule has 5 nitrogen and oxygen atoms in total. The quantitative estimate of drug-likeness (QED) is 0.231. The Morgan fingerprint density at radius 3 is 1.77 bits per heavy atom. The minimum atomic E-state index is -4.36. The number of carbonyl (C=O) groups is 1. The number of ether oxygens (including phenoxy) is 1. The summed E-state index contributed by atoms with van der Waals surface area (Å²) in [6.45, 7) is 2.20. The van der Waals surface area contributed by atoms with Gasteiger partial charge in [0, 0.05) is 0 Å². The molecular weight excluding hydrogens is 315 g/mol. The maximum Gasteiger partial charge on any atom is 1.00 e. The summed E-state index contributed by atoms with van der Waals surface area (Å²) in [5.74, 6) is -0.881. The molecule has 0 aliphatic rings. The van der Waals surface area contributed by atoms with E-state index in [1.54, 1.807) is 0 Å². The van der Waals surface area contributed by atoms with Crippen LogP contribution in [0.3, 0.4) is 0 Å². The number of hydrogen-bond acceptors (Lipinski definition) is 4. The van der Waals surface area contributed by atoms with Gasteiger partial charge in [0.25, 0.3) is 10.1 Å². The first-order valence-electron chi connectivity index (χ1n) is 7.97. The van der Waals surface area contributed by atoms with Gasteiger partial charge in [-0.15, -0.1) is 0 Å². The molecule has 0 heterocycles. The summed E-state index contributed by atoms with van der Waals surface area (Å²) < 4.78 is 35.6. The van der Waals surface area contributed by atoms with Crippen molar-refractivity contribution >= 4 is 16.1 Å². The van der Waals surface area contributed by atoms with Gasteiger partial charge in [0.1, 0.15) is 0 Å². The Labute approximate surface area is 159 Å². The van der Waals surface area contributed by atoms with Gasteiger partial charge in [0.15, 0.2) is 5.25 Å². The third-order valence-electron chi connectivity index (χ3n) is 3.64. The van der Waals surface area contributed by atoms with Crippen molar-refractivity contribution in [3.05, 3.63) is 0 Å². The normalized spacial score (nSPS) is 12.5. The second-order valence-corrected chi connectivity index (χ2v) is 7.10. The van der Waals surface area contributed by atoms with Crippen LogP contribution in [-0.2, 0) is 19.6 Å². The Morgan fingerprint density at radius 2 is 1.41 bits per heavy atom. The Bertz CT molecular complexity index is 376. The van der Waals surface area contributed by atoms with Crippen LogP contribution in [0.4, 0.5) is 0 Å². The minimum absolute atomic E-state index is 0. The van der Waals surface area contributed by atoms with Crippen LogP contribution in [0.1, 0.15) is 79.0 Å². The van der Waals surface area contributed by atoms with Crippen molar-refractivity contribution in [2.24, 2.45) is 0 Å². The zero-order valence-corrected chi connectivity index (χ0v) is 17.2. The third kappa shape index (κ3) is 12.9. The van der Waals surface area contributed by atoms with Gasteiger partial charge in [-0.2, -0.15) is 8.42 Å². The number of rotatable bonds is 13. The topological polar surface area (TPSA) is 80.7 Å². The summed E-state index contributed by atoms with van der Waals surface area (Å²) in [4.78, 5) is 11.3. The average molecular weight is 346 g/mol. The standard InChI is InChI=1S/C15H30O5S.Na.H/c1-3-4-5-6-7-8-9-10-11-12-13-14(15(16)20-2)21(17,18)19;;/h14H,3-13H2,1-2H3,(H,17,18,19);;/q;+1;-1. The van der Waals surface area contributed by atoms with E-state index in [0.717, 1.165) is 26.4 Å². The van der Waals surface area contributed by atoms with Crippen molar-refractivity contribution in [1.29, 1.82) is 0 Å². The van der Waals surface area contributed by atoms with E-state index in [4.69, 9.17) is 4.55 Å². The van der Waals surface area contributed by atoms with Crippen LogP contribution in [0.25, 0.3) is 0 Å². The largest absolute Gasteiger partial charge is 1.00 e. The second-order valence-electron chi connectivity index (χ2n) is 5.50. The molecule has 0 saturated carbocycles. The molecule has 0 aromatic rings. The van der Waals surface area contributed by atoms with E-state index in [-0.39, 0.29) is 37.4 Å². The molecule has 0 saturated heterocycles. The van der Waals surface area contributed by atoms with Crippen molar-refractivity contribution in [2.75, 3.05) is 7.11 Å². The molecule has 128 valence electrons. The second kappa shape index (κ2) is 14.9. The number of esters is 1. The number of carbonyl (C=O) groups excluding carboxylic acids is 1. The van der Waals surface area contributed by atoms with Gasteiger partial charge in [-0.05, 0) is 6.42 Å². The third-order valence-corrected chi connectivity index (χ3v) is 4.79. The Morgan fingerprint density at radius 1 is 1.00 bits per heavy atom. The first kappa shape index (κ1) is 24.6. The van der Waals surface area contributed by atoms with Gasteiger partial charge in [-0.1, -0.05) is 71.1 Å². The van der Waals surface area contributed by atoms with Crippen LogP contribution in [0.5, 0.6) is 0 Å². The predicted octanol–water partition coefficient (Wildman–Crippen LogP) is 0.843. The summed E-state index contributed by atoms with van der Waals surface area (Å²) in [6, 6.07) is 0. The molecule has 0 rings (SSSR count). The fourth-order valence-corrected chi connectivity index (χ4v) is 3.14. The molecule has 1 unspecified atom stereocenters. The SMILES string of the molecule is CCCCCCCCCCCCC(C(=O)OC)S(=O)(=O)O.[H-].[Na+]. The molecule has 0 aliphatic heterocycles. The van der Waals surface area contributed by atoms with Crippen molar-refractivity contribution in [3.8, 4) is 0 Å². The van der Waals surface area contributed by atoms with E-state index in [0.29, 0.717) is 6.42 Å². The van der Waals surface area contributed by atoms with Crippen molar-refractivity contribution in [1.82, 2.24) is 0 Å². The van der Waals surface area contributed by atoms with E-state index in [1.807, 2.05) is 0 Å².